The van der Waals surface area contributed by atoms with Crippen LogP contribution in [0.4, 0.5) is 0 Å². The monoisotopic (exact) mass is 276 g/mol. The van der Waals surface area contributed by atoms with Gasteiger partial charge in [-0.3, -0.25) is 4.79 Å². The Morgan fingerprint density at radius 1 is 1.53 bits per heavy atom. The molecule has 2 unspecified atom stereocenters. The number of halogens is 1. The molecule has 4 nitrogen and oxygen atoms in total. The minimum atomic E-state index is 0.0267. The van der Waals surface area contributed by atoms with Crippen LogP contribution in [0.5, 0.6) is 0 Å². The van der Waals surface area contributed by atoms with Gasteiger partial charge in [0.1, 0.15) is 0 Å². The van der Waals surface area contributed by atoms with Crippen LogP contribution in [0, 0.1) is 0 Å². The number of rotatable bonds is 2. The average molecular weight is 277 g/mol. The van der Waals surface area contributed by atoms with E-state index in [0.29, 0.717) is 0 Å². The predicted octanol–water partition coefficient (Wildman–Crippen LogP) is 0.313. The molecule has 0 N–H and O–H groups in total. The number of carbonyl (C=O) groups is 1. The van der Waals surface area contributed by atoms with Crippen molar-refractivity contribution in [3.63, 3.8) is 0 Å². The fraction of sp³-hybridized carbons (Fsp3) is 0.900. The highest BCUT2D eigenvalue weighted by atomic mass is 79.9. The molecule has 1 amide bonds. The summed E-state index contributed by atoms with van der Waals surface area (Å²) in [6.07, 6.45) is 1.10. The Kier molecular flexibility index (Phi) is 3.64. The maximum Gasteiger partial charge on any atom is 0.236 e. The molecule has 2 fully saturated rings. The lowest BCUT2D eigenvalue weighted by atomic mass is 10.2. The number of likely N-dealkylation sites (tertiary alicyclic amines) is 1. The van der Waals surface area contributed by atoms with Crippen LogP contribution in [-0.2, 0) is 9.53 Å². The highest BCUT2D eigenvalue weighted by molar-refractivity contribution is 9.10. The molecule has 2 rings (SSSR count). The number of hydrogen-bond acceptors (Lipinski definition) is 3. The van der Waals surface area contributed by atoms with Gasteiger partial charge in [0, 0.05) is 26.2 Å². The second-order valence-corrected chi connectivity index (χ2v) is 5.40. The Balaban J connectivity index is 1.83. The second-order valence-electron chi connectivity index (χ2n) is 4.30. The number of morpholine rings is 1. The van der Waals surface area contributed by atoms with E-state index in [1.165, 1.54) is 0 Å². The molecule has 0 saturated carbocycles. The highest BCUT2D eigenvalue weighted by Crippen LogP contribution is 2.19. The maximum atomic E-state index is 11.7. The number of nitrogens with zero attached hydrogens (tertiary/aromatic N) is 2. The van der Waals surface area contributed by atoms with Crippen LogP contribution in [0.3, 0.4) is 0 Å². The zero-order valence-corrected chi connectivity index (χ0v) is 10.6. The summed E-state index contributed by atoms with van der Waals surface area (Å²) in [5.74, 6) is 0.215. The lowest BCUT2D eigenvalue weighted by Crippen LogP contribution is -2.46. The van der Waals surface area contributed by atoms with E-state index in [1.807, 2.05) is 4.90 Å². The van der Waals surface area contributed by atoms with Crippen LogP contribution in [0.1, 0.15) is 6.42 Å². The standard InChI is InChI=1S/C10H17BrN2O2/c1-12-4-5-15-8(6-12)7-13-3-2-9(11)10(13)14/h8-9H,2-7H2,1H3. The van der Waals surface area contributed by atoms with Crippen LogP contribution in [0.2, 0.25) is 0 Å². The molecule has 2 heterocycles. The van der Waals surface area contributed by atoms with E-state index in [4.69, 9.17) is 4.74 Å². The van der Waals surface area contributed by atoms with E-state index >= 15 is 0 Å². The first-order chi connectivity index (χ1) is 7.16. The highest BCUT2D eigenvalue weighted by Gasteiger charge is 2.31. The Labute approximate surface area is 98.7 Å². The van der Waals surface area contributed by atoms with Gasteiger partial charge in [0.15, 0.2) is 0 Å². The molecule has 86 valence electrons. The third-order valence-corrected chi connectivity index (χ3v) is 3.85. The molecule has 0 aliphatic carbocycles. The van der Waals surface area contributed by atoms with Gasteiger partial charge in [0.25, 0.3) is 0 Å². The molecular weight excluding hydrogens is 260 g/mol. The summed E-state index contributed by atoms with van der Waals surface area (Å²) in [6.45, 7) is 4.30. The first-order valence-corrected chi connectivity index (χ1v) is 6.31. The van der Waals surface area contributed by atoms with Crippen LogP contribution < -0.4 is 0 Å². The van der Waals surface area contributed by atoms with Crippen LogP contribution in [0.25, 0.3) is 0 Å². The van der Waals surface area contributed by atoms with Crippen molar-refractivity contribution in [2.75, 3.05) is 39.8 Å². The third-order valence-electron chi connectivity index (χ3n) is 3.00. The lowest BCUT2D eigenvalue weighted by Gasteiger charge is -2.32. The van der Waals surface area contributed by atoms with Gasteiger partial charge in [0.05, 0.1) is 17.5 Å². The van der Waals surface area contributed by atoms with Crippen molar-refractivity contribution >= 4 is 21.8 Å². The number of hydrogen-bond donors (Lipinski definition) is 0. The lowest BCUT2D eigenvalue weighted by molar-refractivity contribution is -0.130. The minimum absolute atomic E-state index is 0.0267. The van der Waals surface area contributed by atoms with Crippen molar-refractivity contribution in [2.24, 2.45) is 0 Å². The molecule has 0 bridgehead atoms. The third kappa shape index (κ3) is 2.71. The first kappa shape index (κ1) is 11.4. The number of alkyl halides is 1. The summed E-state index contributed by atoms with van der Waals surface area (Å²) in [6, 6.07) is 0. The molecule has 2 atom stereocenters. The van der Waals surface area contributed by atoms with E-state index in [1.54, 1.807) is 0 Å². The van der Waals surface area contributed by atoms with Crippen LogP contribution in [-0.4, -0.2) is 66.5 Å². The zero-order valence-electron chi connectivity index (χ0n) is 8.99. The van der Waals surface area contributed by atoms with Gasteiger partial charge in [-0.1, -0.05) is 15.9 Å². The largest absolute Gasteiger partial charge is 0.374 e. The van der Waals surface area contributed by atoms with Crippen molar-refractivity contribution in [1.29, 1.82) is 0 Å². The maximum absolute atomic E-state index is 11.7. The first-order valence-electron chi connectivity index (χ1n) is 5.40. The number of carbonyl (C=O) groups excluding carboxylic acids is 1. The summed E-state index contributed by atoms with van der Waals surface area (Å²) in [5.41, 5.74) is 0. The van der Waals surface area contributed by atoms with E-state index in [-0.39, 0.29) is 16.8 Å². The molecule has 5 heteroatoms. The normalized spacial score (nSPS) is 33.7. The fourth-order valence-corrected chi connectivity index (χ4v) is 2.60. The number of ether oxygens (including phenoxy) is 1. The van der Waals surface area contributed by atoms with Crippen LogP contribution in [0.15, 0.2) is 0 Å². The SMILES string of the molecule is CN1CCOC(CN2CCC(Br)C2=O)C1. The van der Waals surface area contributed by atoms with Gasteiger partial charge in [-0.15, -0.1) is 0 Å². The van der Waals surface area contributed by atoms with Crippen molar-refractivity contribution in [3.8, 4) is 0 Å². The quantitative estimate of drug-likeness (QED) is 0.681. The minimum Gasteiger partial charge on any atom is -0.374 e. The van der Waals surface area contributed by atoms with Gasteiger partial charge in [-0.05, 0) is 13.5 Å². The van der Waals surface area contributed by atoms with Gasteiger partial charge in [0.2, 0.25) is 5.91 Å². The molecular formula is C10H17BrN2O2. The Bertz CT molecular complexity index is 250. The molecule has 2 aliphatic rings. The molecule has 0 aromatic heterocycles. The predicted molar refractivity (Wildman–Crippen MR) is 61.1 cm³/mol. The molecule has 0 spiro atoms. The summed E-state index contributed by atoms with van der Waals surface area (Å²) in [7, 11) is 2.09. The fourth-order valence-electron chi connectivity index (χ4n) is 2.11. The molecule has 0 aromatic rings. The van der Waals surface area contributed by atoms with E-state index < -0.39 is 0 Å². The zero-order chi connectivity index (χ0) is 10.8. The topological polar surface area (TPSA) is 32.8 Å². The number of amides is 1. The van der Waals surface area contributed by atoms with Gasteiger partial charge in [-0.2, -0.15) is 0 Å². The van der Waals surface area contributed by atoms with E-state index in [0.717, 1.165) is 39.2 Å². The number of likely N-dealkylation sites (N-methyl/N-ethyl adjacent to an activating group) is 1. The van der Waals surface area contributed by atoms with Crippen molar-refractivity contribution in [3.05, 3.63) is 0 Å². The molecule has 2 aliphatic heterocycles. The van der Waals surface area contributed by atoms with Gasteiger partial charge < -0.3 is 14.5 Å². The Hall–Kier alpha value is -0.130. The Morgan fingerprint density at radius 2 is 2.33 bits per heavy atom. The smallest absolute Gasteiger partial charge is 0.236 e. The van der Waals surface area contributed by atoms with E-state index in [9.17, 15) is 4.79 Å². The van der Waals surface area contributed by atoms with Crippen molar-refractivity contribution in [2.45, 2.75) is 17.4 Å². The summed E-state index contributed by atoms with van der Waals surface area (Å²) >= 11 is 3.38. The molecule has 15 heavy (non-hydrogen) atoms. The van der Waals surface area contributed by atoms with Gasteiger partial charge in [-0.25, -0.2) is 0 Å². The molecule has 0 aromatic carbocycles. The summed E-state index contributed by atoms with van der Waals surface area (Å²) in [5, 5.41) is 0. The van der Waals surface area contributed by atoms with E-state index in [2.05, 4.69) is 27.9 Å². The summed E-state index contributed by atoms with van der Waals surface area (Å²) in [4.78, 5) is 15.9. The van der Waals surface area contributed by atoms with Gasteiger partial charge >= 0.3 is 0 Å². The molecule has 0 radical (unpaired) electrons. The van der Waals surface area contributed by atoms with Crippen molar-refractivity contribution in [1.82, 2.24) is 9.80 Å². The molecule has 2 saturated heterocycles. The second kappa shape index (κ2) is 4.80. The van der Waals surface area contributed by atoms with Crippen LogP contribution >= 0.6 is 15.9 Å². The summed E-state index contributed by atoms with van der Waals surface area (Å²) < 4.78 is 5.64. The Morgan fingerprint density at radius 3 is 2.93 bits per heavy atom. The average Bonchev–Trinajstić information content (AvgIpc) is 2.50. The van der Waals surface area contributed by atoms with Crippen molar-refractivity contribution < 1.29 is 9.53 Å².